The number of halogens is 1. The molecule has 1 atom stereocenters. The summed E-state index contributed by atoms with van der Waals surface area (Å²) in [4.78, 5) is 12.9. The van der Waals surface area contributed by atoms with E-state index in [-0.39, 0.29) is 17.7 Å². The second-order valence-electron chi connectivity index (χ2n) is 6.18. The van der Waals surface area contributed by atoms with Gasteiger partial charge in [-0.15, -0.1) is 0 Å². The van der Waals surface area contributed by atoms with Crippen molar-refractivity contribution in [3.63, 3.8) is 0 Å². The van der Waals surface area contributed by atoms with Crippen LogP contribution in [-0.4, -0.2) is 27.2 Å². The minimum absolute atomic E-state index is 0.109. The van der Waals surface area contributed by atoms with Crippen LogP contribution < -0.4 is 19.5 Å². The van der Waals surface area contributed by atoms with Crippen LogP contribution in [-0.2, 0) is 4.79 Å². The summed E-state index contributed by atoms with van der Waals surface area (Å²) in [5, 5.41) is 3.59. The van der Waals surface area contributed by atoms with Crippen LogP contribution in [0.25, 0.3) is 0 Å². The summed E-state index contributed by atoms with van der Waals surface area (Å²) in [6.07, 6.45) is 0. The third-order valence-electron chi connectivity index (χ3n) is 4.11. The van der Waals surface area contributed by atoms with E-state index < -0.39 is 0 Å². The lowest BCUT2D eigenvalue weighted by Gasteiger charge is -2.21. The lowest BCUT2D eigenvalue weighted by atomic mass is 9.87. The smallest absolute Gasteiger partial charge is 0.232 e. The van der Waals surface area contributed by atoms with Crippen molar-refractivity contribution in [2.75, 3.05) is 26.6 Å². The summed E-state index contributed by atoms with van der Waals surface area (Å²) in [7, 11) is 4.61. The van der Waals surface area contributed by atoms with E-state index in [4.69, 9.17) is 25.8 Å². The molecule has 0 aromatic heterocycles. The molecule has 0 bridgehead atoms. The molecule has 5 nitrogen and oxygen atoms in total. The zero-order valence-electron chi connectivity index (χ0n) is 15.6. The summed E-state index contributed by atoms with van der Waals surface area (Å²) >= 11 is 5.96. The first kappa shape index (κ1) is 19.9. The first-order valence-corrected chi connectivity index (χ1v) is 8.65. The third kappa shape index (κ3) is 4.41. The topological polar surface area (TPSA) is 56.8 Å². The zero-order valence-corrected chi connectivity index (χ0v) is 16.4. The highest BCUT2D eigenvalue weighted by Gasteiger charge is 2.25. The molecule has 2 aromatic carbocycles. The molecule has 1 amide bonds. The van der Waals surface area contributed by atoms with Gasteiger partial charge in [0.15, 0.2) is 11.5 Å². The SMILES string of the molecule is COc1cc(NC(=O)C(c2ccc(Cl)cc2)C(C)C)cc(OC)c1OC. The van der Waals surface area contributed by atoms with Gasteiger partial charge >= 0.3 is 0 Å². The predicted octanol–water partition coefficient (Wildman–Crippen LogP) is 4.74. The molecule has 0 aliphatic heterocycles. The van der Waals surface area contributed by atoms with Gasteiger partial charge in [-0.25, -0.2) is 0 Å². The van der Waals surface area contributed by atoms with E-state index in [0.717, 1.165) is 5.56 Å². The van der Waals surface area contributed by atoms with Gasteiger partial charge in [-0.05, 0) is 23.6 Å². The number of hydrogen-bond donors (Lipinski definition) is 1. The van der Waals surface area contributed by atoms with E-state index in [1.807, 2.05) is 26.0 Å². The highest BCUT2D eigenvalue weighted by atomic mass is 35.5. The molecule has 2 rings (SSSR count). The molecule has 2 aromatic rings. The van der Waals surface area contributed by atoms with Crippen LogP contribution in [0.1, 0.15) is 25.3 Å². The summed E-state index contributed by atoms with van der Waals surface area (Å²) in [5.74, 6) is 1.12. The largest absolute Gasteiger partial charge is 0.493 e. The van der Waals surface area contributed by atoms with Gasteiger partial charge < -0.3 is 19.5 Å². The molecular formula is C20H24ClNO4. The Balaban J connectivity index is 2.33. The van der Waals surface area contributed by atoms with Gasteiger partial charge in [0.1, 0.15) is 0 Å². The van der Waals surface area contributed by atoms with Gasteiger partial charge in [0.25, 0.3) is 0 Å². The van der Waals surface area contributed by atoms with Crippen LogP contribution in [0.3, 0.4) is 0 Å². The molecule has 0 saturated heterocycles. The number of benzene rings is 2. The van der Waals surface area contributed by atoms with Crippen molar-refractivity contribution in [3.8, 4) is 17.2 Å². The normalized spacial score (nSPS) is 11.8. The van der Waals surface area contributed by atoms with Crippen molar-refractivity contribution in [3.05, 3.63) is 47.0 Å². The second-order valence-corrected chi connectivity index (χ2v) is 6.61. The molecule has 0 saturated carbocycles. The quantitative estimate of drug-likeness (QED) is 0.756. The summed E-state index contributed by atoms with van der Waals surface area (Å²) in [5.41, 5.74) is 1.48. The fourth-order valence-electron chi connectivity index (χ4n) is 2.88. The fourth-order valence-corrected chi connectivity index (χ4v) is 3.01. The van der Waals surface area contributed by atoms with Crippen LogP contribution in [0.4, 0.5) is 5.69 Å². The standard InChI is InChI=1S/C20H24ClNO4/c1-12(2)18(13-6-8-14(21)9-7-13)20(23)22-15-10-16(24-3)19(26-5)17(11-15)25-4/h6-12,18H,1-5H3,(H,22,23). The average molecular weight is 378 g/mol. The van der Waals surface area contributed by atoms with E-state index in [0.29, 0.717) is 28.0 Å². The van der Waals surface area contributed by atoms with Crippen molar-refractivity contribution in [1.82, 2.24) is 0 Å². The number of ether oxygens (including phenoxy) is 3. The molecular weight excluding hydrogens is 354 g/mol. The number of carbonyl (C=O) groups excluding carboxylic acids is 1. The van der Waals surface area contributed by atoms with Crippen molar-refractivity contribution in [2.24, 2.45) is 5.92 Å². The molecule has 26 heavy (non-hydrogen) atoms. The van der Waals surface area contributed by atoms with E-state index in [1.54, 1.807) is 24.3 Å². The van der Waals surface area contributed by atoms with Crippen LogP contribution in [0, 0.1) is 5.92 Å². The fraction of sp³-hybridized carbons (Fsp3) is 0.350. The van der Waals surface area contributed by atoms with Crippen LogP contribution in [0.15, 0.2) is 36.4 Å². The molecule has 1 unspecified atom stereocenters. The van der Waals surface area contributed by atoms with E-state index in [1.165, 1.54) is 21.3 Å². The van der Waals surface area contributed by atoms with Gasteiger partial charge in [-0.3, -0.25) is 4.79 Å². The molecule has 0 radical (unpaired) electrons. The Morgan fingerprint density at radius 3 is 1.92 bits per heavy atom. The average Bonchev–Trinajstić information content (AvgIpc) is 2.62. The van der Waals surface area contributed by atoms with Crippen molar-refractivity contribution < 1.29 is 19.0 Å². The number of carbonyl (C=O) groups is 1. The third-order valence-corrected chi connectivity index (χ3v) is 4.36. The Bertz CT molecular complexity index is 734. The van der Waals surface area contributed by atoms with Gasteiger partial charge in [0, 0.05) is 22.8 Å². The number of nitrogens with one attached hydrogen (secondary N) is 1. The number of anilines is 1. The summed E-state index contributed by atoms with van der Waals surface area (Å²) in [6, 6.07) is 10.7. The Hall–Kier alpha value is -2.40. The minimum Gasteiger partial charge on any atom is -0.493 e. The zero-order chi connectivity index (χ0) is 19.3. The number of amides is 1. The maximum absolute atomic E-state index is 12.9. The predicted molar refractivity (Wildman–Crippen MR) is 104 cm³/mol. The van der Waals surface area contributed by atoms with Crippen molar-refractivity contribution in [2.45, 2.75) is 19.8 Å². The molecule has 140 valence electrons. The molecule has 0 aliphatic rings. The summed E-state index contributed by atoms with van der Waals surface area (Å²) < 4.78 is 16.0. The van der Waals surface area contributed by atoms with E-state index in [2.05, 4.69) is 5.32 Å². The maximum atomic E-state index is 12.9. The first-order chi connectivity index (χ1) is 12.4. The van der Waals surface area contributed by atoms with Gasteiger partial charge in [0.05, 0.1) is 27.2 Å². The Morgan fingerprint density at radius 2 is 1.50 bits per heavy atom. The van der Waals surface area contributed by atoms with Gasteiger partial charge in [-0.2, -0.15) is 0 Å². The van der Waals surface area contributed by atoms with Crippen LogP contribution >= 0.6 is 11.6 Å². The second kappa shape index (κ2) is 8.81. The van der Waals surface area contributed by atoms with Crippen molar-refractivity contribution in [1.29, 1.82) is 0 Å². The Morgan fingerprint density at radius 1 is 0.962 bits per heavy atom. The monoisotopic (exact) mass is 377 g/mol. The number of methoxy groups -OCH3 is 3. The molecule has 6 heteroatoms. The van der Waals surface area contributed by atoms with E-state index in [9.17, 15) is 4.79 Å². The van der Waals surface area contributed by atoms with Crippen LogP contribution in [0.2, 0.25) is 5.02 Å². The molecule has 1 N–H and O–H groups in total. The highest BCUT2D eigenvalue weighted by molar-refractivity contribution is 6.30. The Kier molecular flexibility index (Phi) is 6.75. The van der Waals surface area contributed by atoms with E-state index >= 15 is 0 Å². The molecule has 0 heterocycles. The van der Waals surface area contributed by atoms with Gasteiger partial charge in [0.2, 0.25) is 11.7 Å². The lowest BCUT2D eigenvalue weighted by molar-refractivity contribution is -0.118. The van der Waals surface area contributed by atoms with Crippen molar-refractivity contribution >= 4 is 23.2 Å². The Labute approximate surface area is 159 Å². The molecule has 0 aliphatic carbocycles. The molecule has 0 spiro atoms. The molecule has 0 fully saturated rings. The minimum atomic E-state index is -0.314. The maximum Gasteiger partial charge on any atom is 0.232 e. The first-order valence-electron chi connectivity index (χ1n) is 8.27. The highest BCUT2D eigenvalue weighted by Crippen LogP contribution is 2.40. The number of rotatable bonds is 7. The summed E-state index contributed by atoms with van der Waals surface area (Å²) in [6.45, 7) is 4.02. The van der Waals surface area contributed by atoms with Gasteiger partial charge in [-0.1, -0.05) is 37.6 Å². The number of hydrogen-bond acceptors (Lipinski definition) is 4. The lowest BCUT2D eigenvalue weighted by Crippen LogP contribution is -2.25. The van der Waals surface area contributed by atoms with Crippen LogP contribution in [0.5, 0.6) is 17.2 Å².